The zero-order chi connectivity index (χ0) is 18.6. The molecule has 1 atom stereocenters. The van der Waals surface area contributed by atoms with Gasteiger partial charge in [0, 0.05) is 31.3 Å². The molecule has 2 rings (SSSR count). The molecule has 3 N–H and O–H groups in total. The molecule has 0 saturated heterocycles. The maximum Gasteiger partial charge on any atom is 0.317 e. The van der Waals surface area contributed by atoms with Crippen LogP contribution in [0.1, 0.15) is 40.0 Å². The maximum absolute atomic E-state index is 12.2. The Kier molecular flexibility index (Phi) is 8.37. The van der Waals surface area contributed by atoms with Crippen LogP contribution in [0, 0.1) is 11.8 Å². The fourth-order valence-corrected chi connectivity index (χ4v) is 3.10. The predicted molar refractivity (Wildman–Crippen MR) is 103 cm³/mol. The largest absolute Gasteiger partial charge is 0.491 e. The first-order valence-electron chi connectivity index (χ1n) is 8.90. The number of hydrogen-bond acceptors (Lipinski definition) is 5. The van der Waals surface area contributed by atoms with Gasteiger partial charge in [-0.2, -0.15) is 0 Å². The highest BCUT2D eigenvalue weighted by Crippen LogP contribution is 2.37. The van der Waals surface area contributed by atoms with Crippen LogP contribution < -0.4 is 5.73 Å². The van der Waals surface area contributed by atoms with E-state index in [4.69, 9.17) is 10.5 Å². The molecule has 1 heterocycles. The van der Waals surface area contributed by atoms with Crippen LogP contribution in [0.25, 0.3) is 0 Å². The second-order valence-corrected chi connectivity index (χ2v) is 6.92. The highest BCUT2D eigenvalue weighted by atomic mass is 35.5. The second-order valence-electron chi connectivity index (χ2n) is 6.92. The van der Waals surface area contributed by atoms with Crippen LogP contribution in [0.4, 0.5) is 0 Å². The fourth-order valence-electron chi connectivity index (χ4n) is 3.10. The Bertz CT molecular complexity index is 637. The predicted octanol–water partition coefficient (Wildman–Crippen LogP) is 2.85. The van der Waals surface area contributed by atoms with Crippen molar-refractivity contribution in [2.75, 3.05) is 19.7 Å². The van der Waals surface area contributed by atoms with Crippen molar-refractivity contribution in [1.29, 1.82) is 0 Å². The van der Waals surface area contributed by atoms with Crippen molar-refractivity contribution >= 4 is 24.2 Å². The van der Waals surface area contributed by atoms with Gasteiger partial charge in [0.15, 0.2) is 5.78 Å². The fraction of sp³-hybridized carbons (Fsp3) is 0.579. The molecule has 0 amide bonds. The number of halogens is 1. The van der Waals surface area contributed by atoms with Crippen LogP contribution in [0.15, 0.2) is 34.9 Å². The molecular weight excluding hydrogens is 356 g/mol. The lowest BCUT2D eigenvalue weighted by molar-refractivity contribution is -0.144. The van der Waals surface area contributed by atoms with Gasteiger partial charge in [0.1, 0.15) is 11.7 Å². The minimum absolute atomic E-state index is 0. The minimum atomic E-state index is -1.12. The van der Waals surface area contributed by atoms with Gasteiger partial charge in [0.25, 0.3) is 0 Å². The molecule has 0 radical (unpaired) electrons. The molecule has 26 heavy (non-hydrogen) atoms. The van der Waals surface area contributed by atoms with Crippen LogP contribution in [-0.2, 0) is 14.3 Å². The van der Waals surface area contributed by atoms with E-state index in [2.05, 4.69) is 20.8 Å². The number of carbonyl (C=O) groups is 2. The number of aliphatic carboxylic acids is 1. The number of carbonyl (C=O) groups excluding carboxylic acids is 1. The molecule has 0 fully saturated rings. The first kappa shape index (κ1) is 22.3. The minimum Gasteiger partial charge on any atom is -0.491 e. The molecule has 7 heteroatoms. The second kappa shape index (κ2) is 9.78. The summed E-state index contributed by atoms with van der Waals surface area (Å²) in [6.45, 7) is 7.91. The van der Waals surface area contributed by atoms with Gasteiger partial charge in [-0.15, -0.1) is 12.4 Å². The van der Waals surface area contributed by atoms with E-state index in [1.807, 2.05) is 11.1 Å². The summed E-state index contributed by atoms with van der Waals surface area (Å²) in [7, 11) is 0. The molecule has 1 aliphatic carbocycles. The Labute approximate surface area is 161 Å². The lowest BCUT2D eigenvalue weighted by atomic mass is 9.83. The SMILES string of the molecule is CCCCOC1=C(CN)N(CC(C)C)C=C2CC(=O)C(C(=O)O)C=C21.Cl. The summed E-state index contributed by atoms with van der Waals surface area (Å²) in [5.41, 5.74) is 8.36. The van der Waals surface area contributed by atoms with Gasteiger partial charge < -0.3 is 20.5 Å². The number of carboxylic acid groups (broad SMARTS) is 1. The van der Waals surface area contributed by atoms with Gasteiger partial charge >= 0.3 is 5.97 Å². The highest BCUT2D eigenvalue weighted by Gasteiger charge is 2.36. The number of unbranched alkanes of at least 4 members (excludes halogenated alkanes) is 1. The van der Waals surface area contributed by atoms with Crippen molar-refractivity contribution in [2.24, 2.45) is 17.6 Å². The standard InChI is InChI=1S/C19H28N2O4.ClH/c1-4-5-6-25-18-14-8-15(19(23)24)17(22)7-13(14)11-21(10-12(2)3)16(18)9-20;/h8,11-12,15H,4-7,9-10,20H2,1-3H3,(H,23,24);1H. The zero-order valence-corrected chi connectivity index (χ0v) is 16.5. The van der Waals surface area contributed by atoms with E-state index in [-0.39, 0.29) is 24.6 Å². The Balaban J connectivity index is 0.00000338. The van der Waals surface area contributed by atoms with Gasteiger partial charge in [-0.3, -0.25) is 9.59 Å². The average molecular weight is 385 g/mol. The Morgan fingerprint density at radius 2 is 2.15 bits per heavy atom. The number of rotatable bonds is 8. The van der Waals surface area contributed by atoms with Crippen LogP contribution in [0.2, 0.25) is 0 Å². The number of hydrogen-bond donors (Lipinski definition) is 2. The van der Waals surface area contributed by atoms with Crippen molar-refractivity contribution in [3.63, 3.8) is 0 Å². The van der Waals surface area contributed by atoms with Gasteiger partial charge in [-0.1, -0.05) is 33.3 Å². The summed E-state index contributed by atoms with van der Waals surface area (Å²) in [6, 6.07) is 0. The van der Waals surface area contributed by atoms with Gasteiger partial charge in [-0.05, 0) is 17.9 Å². The average Bonchev–Trinajstić information content (AvgIpc) is 2.53. The Hall–Kier alpha value is -1.79. The van der Waals surface area contributed by atoms with Crippen LogP contribution in [-0.4, -0.2) is 41.5 Å². The number of fused-ring (bicyclic) bond motifs is 1. The molecule has 6 nitrogen and oxygen atoms in total. The molecule has 0 spiro atoms. The van der Waals surface area contributed by atoms with Crippen LogP contribution in [0.3, 0.4) is 0 Å². The van der Waals surface area contributed by atoms with E-state index in [1.54, 1.807) is 0 Å². The molecule has 2 aliphatic rings. The highest BCUT2D eigenvalue weighted by molar-refractivity contribution is 6.03. The molecule has 146 valence electrons. The number of Topliss-reactive ketones (excluding diaryl/α,β-unsaturated/α-hetero) is 1. The molecule has 1 unspecified atom stereocenters. The number of nitrogens with zero attached hydrogens (tertiary/aromatic N) is 1. The molecular formula is C19H29ClN2O4. The normalized spacial score (nSPS) is 19.7. The summed E-state index contributed by atoms with van der Waals surface area (Å²) in [6.07, 6.45) is 5.45. The van der Waals surface area contributed by atoms with E-state index < -0.39 is 11.9 Å². The van der Waals surface area contributed by atoms with Crippen molar-refractivity contribution in [3.05, 3.63) is 34.9 Å². The Morgan fingerprint density at radius 3 is 2.69 bits per heavy atom. The smallest absolute Gasteiger partial charge is 0.317 e. The number of ether oxygens (including phenoxy) is 1. The third-order valence-corrected chi connectivity index (χ3v) is 4.32. The van der Waals surface area contributed by atoms with E-state index >= 15 is 0 Å². The third kappa shape index (κ3) is 4.89. The lowest BCUT2D eigenvalue weighted by Gasteiger charge is -2.35. The van der Waals surface area contributed by atoms with Gasteiger partial charge in [-0.25, -0.2) is 0 Å². The monoisotopic (exact) mass is 384 g/mol. The summed E-state index contributed by atoms with van der Waals surface area (Å²) in [4.78, 5) is 25.6. The molecule has 0 bridgehead atoms. The number of nitrogens with two attached hydrogens (primary N) is 1. The number of allylic oxidation sites excluding steroid dienone is 1. The van der Waals surface area contributed by atoms with Gasteiger partial charge in [0.05, 0.1) is 12.3 Å². The van der Waals surface area contributed by atoms with Crippen molar-refractivity contribution in [3.8, 4) is 0 Å². The quantitative estimate of drug-likeness (QED) is 0.493. The lowest BCUT2D eigenvalue weighted by Crippen LogP contribution is -2.35. The molecule has 0 saturated carbocycles. The summed E-state index contributed by atoms with van der Waals surface area (Å²) >= 11 is 0. The number of carboxylic acids is 1. The van der Waals surface area contributed by atoms with E-state index in [9.17, 15) is 14.7 Å². The van der Waals surface area contributed by atoms with Crippen molar-refractivity contribution in [2.45, 2.75) is 40.0 Å². The van der Waals surface area contributed by atoms with Crippen molar-refractivity contribution < 1.29 is 19.4 Å². The first-order valence-corrected chi connectivity index (χ1v) is 8.90. The van der Waals surface area contributed by atoms with E-state index in [0.717, 1.165) is 30.7 Å². The van der Waals surface area contributed by atoms with Crippen LogP contribution in [0.5, 0.6) is 0 Å². The van der Waals surface area contributed by atoms with Gasteiger partial charge in [0.2, 0.25) is 0 Å². The van der Waals surface area contributed by atoms with Crippen molar-refractivity contribution in [1.82, 2.24) is 4.90 Å². The summed E-state index contributed by atoms with van der Waals surface area (Å²) in [5.74, 6) is -1.49. The summed E-state index contributed by atoms with van der Waals surface area (Å²) in [5, 5.41) is 9.32. The molecule has 0 aromatic heterocycles. The molecule has 0 aromatic rings. The topological polar surface area (TPSA) is 92.9 Å². The third-order valence-electron chi connectivity index (χ3n) is 4.32. The Morgan fingerprint density at radius 1 is 1.46 bits per heavy atom. The summed E-state index contributed by atoms with van der Waals surface area (Å²) < 4.78 is 6.02. The van der Waals surface area contributed by atoms with E-state index in [1.165, 1.54) is 6.08 Å². The maximum atomic E-state index is 12.2. The zero-order valence-electron chi connectivity index (χ0n) is 15.7. The number of ketones is 1. The molecule has 1 aliphatic heterocycles. The molecule has 0 aromatic carbocycles. The van der Waals surface area contributed by atoms with Crippen LogP contribution >= 0.6 is 12.4 Å². The van der Waals surface area contributed by atoms with E-state index in [0.29, 0.717) is 30.4 Å². The first-order chi connectivity index (χ1) is 11.9.